The summed E-state index contributed by atoms with van der Waals surface area (Å²) in [6.07, 6.45) is -1.48. The van der Waals surface area contributed by atoms with E-state index < -0.39 is 29.7 Å². The quantitative estimate of drug-likeness (QED) is 0.537. The maximum atomic E-state index is 11.5. The van der Waals surface area contributed by atoms with Crippen molar-refractivity contribution in [2.75, 3.05) is 6.61 Å². The molecule has 7 nitrogen and oxygen atoms in total. The summed E-state index contributed by atoms with van der Waals surface area (Å²) in [5.74, 6) is 0. The number of aromatic nitrogens is 2. The predicted molar refractivity (Wildman–Crippen MR) is 57.5 cm³/mol. The van der Waals surface area contributed by atoms with Crippen LogP contribution in [0.15, 0.2) is 34.0 Å². The maximum absolute atomic E-state index is 11.5. The molecule has 1 saturated heterocycles. The number of aliphatic hydroxyl groups is 2. The molecule has 0 spiro atoms. The highest BCUT2D eigenvalue weighted by atomic mass is 16.5. The second-order valence-corrected chi connectivity index (χ2v) is 3.75. The van der Waals surface area contributed by atoms with Crippen molar-refractivity contribution >= 4 is 0 Å². The van der Waals surface area contributed by atoms with E-state index >= 15 is 0 Å². The molecule has 0 unspecified atom stereocenters. The van der Waals surface area contributed by atoms with Crippen LogP contribution < -0.4 is 11.2 Å². The number of H-pyrrole nitrogens is 1. The Morgan fingerprint density at radius 3 is 2.76 bits per heavy atom. The van der Waals surface area contributed by atoms with E-state index in [0.717, 1.165) is 10.6 Å². The number of aliphatic hydroxyl groups excluding tert-OH is 2. The normalized spacial score (nSPS) is 28.6. The average molecular weight is 240 g/mol. The van der Waals surface area contributed by atoms with E-state index in [2.05, 4.69) is 11.6 Å². The number of hydrogen-bond acceptors (Lipinski definition) is 5. The first-order valence-corrected chi connectivity index (χ1v) is 4.99. The van der Waals surface area contributed by atoms with E-state index in [1.165, 1.54) is 6.20 Å². The molecule has 17 heavy (non-hydrogen) atoms. The Morgan fingerprint density at radius 1 is 1.53 bits per heavy atom. The fraction of sp³-hybridized carbons (Fsp3) is 0.400. The lowest BCUT2D eigenvalue weighted by atomic mass is 10.1. The van der Waals surface area contributed by atoms with Gasteiger partial charge in [-0.15, -0.1) is 0 Å². The zero-order chi connectivity index (χ0) is 12.6. The molecule has 3 N–H and O–H groups in total. The molecule has 1 aromatic heterocycles. The Kier molecular flexibility index (Phi) is 2.97. The molecule has 1 fully saturated rings. The van der Waals surface area contributed by atoms with Crippen LogP contribution in [0.5, 0.6) is 0 Å². The number of hydrogen-bond donors (Lipinski definition) is 3. The number of ether oxygens (including phenoxy) is 1. The number of aromatic amines is 1. The number of nitrogens with zero attached hydrogens (tertiary/aromatic N) is 1. The van der Waals surface area contributed by atoms with Gasteiger partial charge in [-0.05, 0) is 0 Å². The molecule has 0 saturated carbocycles. The summed E-state index contributed by atoms with van der Waals surface area (Å²) < 4.78 is 6.38. The third kappa shape index (κ3) is 1.95. The Balaban J connectivity index is 2.39. The first kappa shape index (κ1) is 11.8. The lowest BCUT2D eigenvalue weighted by Gasteiger charge is -2.14. The molecule has 92 valence electrons. The zero-order valence-electron chi connectivity index (χ0n) is 8.87. The highest BCUT2D eigenvalue weighted by molar-refractivity contribution is 5.14. The fourth-order valence-electron chi connectivity index (χ4n) is 1.71. The summed E-state index contributed by atoms with van der Waals surface area (Å²) in [5.41, 5.74) is -0.915. The van der Waals surface area contributed by atoms with Gasteiger partial charge in [0, 0.05) is 17.8 Å². The summed E-state index contributed by atoms with van der Waals surface area (Å²) in [6, 6.07) is 1.16. The van der Waals surface area contributed by atoms with Crippen LogP contribution in [0.3, 0.4) is 0 Å². The SMILES string of the molecule is C=C1[C@@H](O)[C@@H](CO)O[C@H]1n1ccc(=O)[nH]c1=O. The largest absolute Gasteiger partial charge is 0.394 e. The molecule has 0 aliphatic carbocycles. The molecule has 0 amide bonds. The van der Waals surface area contributed by atoms with Crippen LogP contribution in [0.25, 0.3) is 0 Å². The number of nitrogens with one attached hydrogen (secondary N) is 1. The van der Waals surface area contributed by atoms with Crippen LogP contribution in [-0.2, 0) is 4.74 Å². The average Bonchev–Trinajstić information content (AvgIpc) is 2.57. The summed E-state index contributed by atoms with van der Waals surface area (Å²) in [6.45, 7) is 3.24. The molecular formula is C10H12N2O5. The summed E-state index contributed by atoms with van der Waals surface area (Å²) in [4.78, 5) is 24.5. The molecule has 0 bridgehead atoms. The van der Waals surface area contributed by atoms with Gasteiger partial charge in [0.1, 0.15) is 12.2 Å². The van der Waals surface area contributed by atoms with Gasteiger partial charge in [-0.25, -0.2) is 4.79 Å². The molecule has 2 heterocycles. The topological polar surface area (TPSA) is 105 Å². The first-order valence-electron chi connectivity index (χ1n) is 4.99. The minimum atomic E-state index is -1.04. The van der Waals surface area contributed by atoms with Gasteiger partial charge in [0.25, 0.3) is 5.56 Å². The summed E-state index contributed by atoms with van der Waals surface area (Å²) in [7, 11) is 0. The highest BCUT2D eigenvalue weighted by Gasteiger charge is 2.38. The van der Waals surface area contributed by atoms with Crippen molar-refractivity contribution in [2.24, 2.45) is 0 Å². The van der Waals surface area contributed by atoms with Crippen molar-refractivity contribution in [1.29, 1.82) is 0 Å². The van der Waals surface area contributed by atoms with E-state index in [1.54, 1.807) is 0 Å². The molecule has 3 atom stereocenters. The molecule has 1 aromatic rings. The first-order chi connectivity index (χ1) is 8.04. The van der Waals surface area contributed by atoms with E-state index in [1.807, 2.05) is 0 Å². The van der Waals surface area contributed by atoms with Crippen molar-refractivity contribution in [3.05, 3.63) is 45.3 Å². The van der Waals surface area contributed by atoms with Crippen molar-refractivity contribution in [3.63, 3.8) is 0 Å². The summed E-state index contributed by atoms with van der Waals surface area (Å²) in [5, 5.41) is 18.6. The van der Waals surface area contributed by atoms with Gasteiger partial charge in [0.15, 0.2) is 6.23 Å². The van der Waals surface area contributed by atoms with Gasteiger partial charge in [-0.2, -0.15) is 0 Å². The zero-order valence-corrected chi connectivity index (χ0v) is 8.87. The van der Waals surface area contributed by atoms with Gasteiger partial charge >= 0.3 is 5.69 Å². The molecule has 7 heteroatoms. The van der Waals surface area contributed by atoms with Crippen LogP contribution in [0, 0.1) is 0 Å². The fourth-order valence-corrected chi connectivity index (χ4v) is 1.71. The monoisotopic (exact) mass is 240 g/mol. The molecule has 1 aliphatic heterocycles. The maximum Gasteiger partial charge on any atom is 0.330 e. The third-order valence-electron chi connectivity index (χ3n) is 2.64. The molecule has 2 rings (SSSR count). The molecule has 0 aromatic carbocycles. The lowest BCUT2D eigenvalue weighted by molar-refractivity contribution is -0.0447. The summed E-state index contributed by atoms with van der Waals surface area (Å²) >= 11 is 0. The lowest BCUT2D eigenvalue weighted by Crippen LogP contribution is -2.32. The second-order valence-electron chi connectivity index (χ2n) is 3.75. The number of rotatable bonds is 2. The van der Waals surface area contributed by atoms with Crippen LogP contribution in [0.1, 0.15) is 6.23 Å². The minimum absolute atomic E-state index is 0.262. The predicted octanol–water partition coefficient (Wildman–Crippen LogP) is -1.66. The van der Waals surface area contributed by atoms with Gasteiger partial charge in [0.05, 0.1) is 6.61 Å². The Morgan fingerprint density at radius 2 is 2.24 bits per heavy atom. The standard InChI is InChI=1S/C10H12N2O5/c1-5-8(15)6(4-13)17-9(5)12-3-2-7(14)11-10(12)16/h2-3,6,8-9,13,15H,1,4H2,(H,11,14,16)/t6-,8-,9-/m1/s1. The van der Waals surface area contributed by atoms with E-state index in [-0.39, 0.29) is 12.2 Å². The van der Waals surface area contributed by atoms with Crippen LogP contribution >= 0.6 is 0 Å². The van der Waals surface area contributed by atoms with Gasteiger partial charge < -0.3 is 14.9 Å². The molecule has 1 aliphatic rings. The van der Waals surface area contributed by atoms with E-state index in [9.17, 15) is 14.7 Å². The van der Waals surface area contributed by atoms with Crippen molar-refractivity contribution < 1.29 is 14.9 Å². The van der Waals surface area contributed by atoms with Crippen molar-refractivity contribution in [2.45, 2.75) is 18.4 Å². The van der Waals surface area contributed by atoms with Gasteiger partial charge in [-0.3, -0.25) is 14.3 Å². The minimum Gasteiger partial charge on any atom is -0.394 e. The van der Waals surface area contributed by atoms with Crippen LogP contribution in [0.4, 0.5) is 0 Å². The molecule has 0 radical (unpaired) electrons. The van der Waals surface area contributed by atoms with Crippen molar-refractivity contribution in [3.8, 4) is 0 Å². The Hall–Kier alpha value is -1.70. The van der Waals surface area contributed by atoms with Gasteiger partial charge in [-0.1, -0.05) is 6.58 Å². The van der Waals surface area contributed by atoms with E-state index in [0.29, 0.717) is 0 Å². The van der Waals surface area contributed by atoms with Crippen LogP contribution in [-0.4, -0.2) is 38.6 Å². The third-order valence-corrected chi connectivity index (χ3v) is 2.64. The van der Waals surface area contributed by atoms with Crippen molar-refractivity contribution in [1.82, 2.24) is 9.55 Å². The highest BCUT2D eigenvalue weighted by Crippen LogP contribution is 2.31. The Bertz CT molecular complexity index is 546. The Labute approximate surface area is 95.6 Å². The second kappa shape index (κ2) is 4.28. The van der Waals surface area contributed by atoms with E-state index in [4.69, 9.17) is 9.84 Å². The molecular weight excluding hydrogens is 228 g/mol. The van der Waals surface area contributed by atoms with Gasteiger partial charge in [0.2, 0.25) is 0 Å². The smallest absolute Gasteiger partial charge is 0.330 e. The van der Waals surface area contributed by atoms with Crippen LogP contribution in [0.2, 0.25) is 0 Å².